The summed E-state index contributed by atoms with van der Waals surface area (Å²) in [7, 11) is 3.50. The topological polar surface area (TPSA) is 74.5 Å². The lowest BCUT2D eigenvalue weighted by Crippen LogP contribution is -2.54. The number of aliphatic hydroxyl groups is 1. The number of rotatable bonds is 3. The van der Waals surface area contributed by atoms with Gasteiger partial charge in [-0.15, -0.1) is 11.3 Å². The fourth-order valence-corrected chi connectivity index (χ4v) is 3.10. The van der Waals surface area contributed by atoms with Gasteiger partial charge in [0.1, 0.15) is 0 Å². The number of thiazole rings is 1. The number of aryl methyl sites for hydroxylation is 2. The first-order valence-electron chi connectivity index (χ1n) is 6.63. The number of aromatic nitrogens is 3. The lowest BCUT2D eigenvalue weighted by Gasteiger charge is -2.38. The zero-order chi connectivity index (χ0) is 15.1. The number of amides is 1. The lowest BCUT2D eigenvalue weighted by molar-refractivity contribution is 0.00362. The average molecular weight is 307 g/mol. The molecule has 7 nitrogen and oxygen atoms in total. The third kappa shape index (κ3) is 2.30. The summed E-state index contributed by atoms with van der Waals surface area (Å²) in [6.45, 7) is 2.36. The van der Waals surface area contributed by atoms with Gasteiger partial charge in [-0.05, 0) is 6.92 Å². The number of hydrogen-bond donors (Lipinski definition) is 1. The number of carbonyl (C=O) groups is 1. The van der Waals surface area contributed by atoms with E-state index in [1.807, 2.05) is 12.3 Å². The van der Waals surface area contributed by atoms with Crippen LogP contribution < -0.4 is 4.90 Å². The molecule has 1 amide bonds. The quantitative estimate of drug-likeness (QED) is 0.898. The number of imidazole rings is 1. The second kappa shape index (κ2) is 5.12. The van der Waals surface area contributed by atoms with Crippen molar-refractivity contribution in [3.63, 3.8) is 0 Å². The van der Waals surface area contributed by atoms with Crippen LogP contribution in [0.15, 0.2) is 11.7 Å². The SMILES string of the molecule is Cc1nc(CCN2C(=O)c3c(ncn3C)N(C)C2O)cs1. The molecule has 112 valence electrons. The summed E-state index contributed by atoms with van der Waals surface area (Å²) in [4.78, 5) is 24.1. The van der Waals surface area contributed by atoms with Gasteiger partial charge in [0.15, 0.2) is 11.5 Å². The van der Waals surface area contributed by atoms with Gasteiger partial charge >= 0.3 is 0 Å². The lowest BCUT2D eigenvalue weighted by atomic mass is 10.2. The third-order valence-electron chi connectivity index (χ3n) is 3.62. The predicted octanol–water partition coefficient (Wildman–Crippen LogP) is 0.596. The van der Waals surface area contributed by atoms with Crippen molar-refractivity contribution < 1.29 is 9.90 Å². The Morgan fingerprint density at radius 1 is 1.43 bits per heavy atom. The Bertz CT molecular complexity index is 680. The molecular weight excluding hydrogens is 290 g/mol. The zero-order valence-electron chi connectivity index (χ0n) is 12.1. The second-order valence-corrected chi connectivity index (χ2v) is 6.15. The number of fused-ring (bicyclic) bond motifs is 1. The van der Waals surface area contributed by atoms with Gasteiger partial charge in [0, 0.05) is 32.4 Å². The van der Waals surface area contributed by atoms with E-state index in [9.17, 15) is 9.90 Å². The molecule has 2 aromatic rings. The van der Waals surface area contributed by atoms with Crippen LogP contribution in [0.2, 0.25) is 0 Å². The molecule has 3 heterocycles. The van der Waals surface area contributed by atoms with Crippen LogP contribution in [-0.4, -0.2) is 50.4 Å². The van der Waals surface area contributed by atoms with E-state index in [0.29, 0.717) is 24.5 Å². The van der Waals surface area contributed by atoms with E-state index < -0.39 is 6.35 Å². The molecule has 1 aliphatic heterocycles. The molecule has 0 fully saturated rings. The Morgan fingerprint density at radius 2 is 2.19 bits per heavy atom. The summed E-state index contributed by atoms with van der Waals surface area (Å²) >= 11 is 1.58. The molecule has 1 N–H and O–H groups in total. The molecule has 0 saturated heterocycles. The van der Waals surface area contributed by atoms with E-state index in [-0.39, 0.29) is 5.91 Å². The van der Waals surface area contributed by atoms with Crippen molar-refractivity contribution in [2.45, 2.75) is 19.7 Å². The van der Waals surface area contributed by atoms with Crippen LogP contribution in [0, 0.1) is 6.92 Å². The Labute approximate surface area is 126 Å². The van der Waals surface area contributed by atoms with E-state index >= 15 is 0 Å². The molecule has 1 aliphatic rings. The highest BCUT2D eigenvalue weighted by Crippen LogP contribution is 2.27. The molecule has 3 rings (SSSR count). The maximum atomic E-state index is 12.5. The third-order valence-corrected chi connectivity index (χ3v) is 4.44. The summed E-state index contributed by atoms with van der Waals surface area (Å²) in [5.74, 6) is 0.304. The van der Waals surface area contributed by atoms with Gasteiger partial charge in [-0.3, -0.25) is 9.69 Å². The van der Waals surface area contributed by atoms with Crippen molar-refractivity contribution in [2.24, 2.45) is 7.05 Å². The predicted molar refractivity (Wildman–Crippen MR) is 79.2 cm³/mol. The van der Waals surface area contributed by atoms with Gasteiger partial charge in [-0.2, -0.15) is 0 Å². The molecule has 1 atom stereocenters. The average Bonchev–Trinajstić information content (AvgIpc) is 3.03. The summed E-state index contributed by atoms with van der Waals surface area (Å²) in [5.41, 5.74) is 1.44. The fourth-order valence-electron chi connectivity index (χ4n) is 2.46. The van der Waals surface area contributed by atoms with Gasteiger partial charge in [-0.25, -0.2) is 9.97 Å². The van der Waals surface area contributed by atoms with Gasteiger partial charge in [0.05, 0.1) is 17.0 Å². The first kappa shape index (κ1) is 14.0. The van der Waals surface area contributed by atoms with Crippen molar-refractivity contribution in [3.8, 4) is 0 Å². The van der Waals surface area contributed by atoms with E-state index in [4.69, 9.17) is 0 Å². The van der Waals surface area contributed by atoms with E-state index in [2.05, 4.69) is 9.97 Å². The highest BCUT2D eigenvalue weighted by Gasteiger charge is 2.37. The van der Waals surface area contributed by atoms with Crippen LogP contribution in [0.1, 0.15) is 21.2 Å². The molecule has 0 radical (unpaired) electrons. The van der Waals surface area contributed by atoms with Crippen molar-refractivity contribution in [1.29, 1.82) is 0 Å². The number of hydrogen-bond acceptors (Lipinski definition) is 6. The van der Waals surface area contributed by atoms with Gasteiger partial charge < -0.3 is 14.6 Å². The molecule has 0 saturated carbocycles. The second-order valence-electron chi connectivity index (χ2n) is 5.09. The van der Waals surface area contributed by atoms with Crippen molar-refractivity contribution in [2.75, 3.05) is 18.5 Å². The van der Waals surface area contributed by atoms with Gasteiger partial charge in [0.2, 0.25) is 6.35 Å². The first-order valence-corrected chi connectivity index (χ1v) is 7.51. The number of anilines is 1. The molecular formula is C13H17N5O2S. The highest BCUT2D eigenvalue weighted by atomic mass is 32.1. The molecule has 2 aromatic heterocycles. The fraction of sp³-hybridized carbons (Fsp3) is 0.462. The van der Waals surface area contributed by atoms with Gasteiger partial charge in [-0.1, -0.05) is 0 Å². The van der Waals surface area contributed by atoms with Crippen LogP contribution in [0.3, 0.4) is 0 Å². The maximum absolute atomic E-state index is 12.5. The van der Waals surface area contributed by atoms with Crippen molar-refractivity contribution in [1.82, 2.24) is 19.4 Å². The van der Waals surface area contributed by atoms with Crippen molar-refractivity contribution in [3.05, 3.63) is 28.1 Å². The van der Waals surface area contributed by atoms with E-state index in [1.165, 1.54) is 4.90 Å². The normalized spacial score (nSPS) is 18.3. The minimum absolute atomic E-state index is 0.206. The summed E-state index contributed by atoms with van der Waals surface area (Å²) in [6.07, 6.45) is 1.20. The number of carbonyl (C=O) groups excluding carboxylic acids is 1. The van der Waals surface area contributed by atoms with Crippen molar-refractivity contribution >= 4 is 23.1 Å². The standard InChI is InChI=1S/C13H17N5O2S/c1-8-15-9(6-21-8)4-5-18-12(19)10-11(14-7-16(10)2)17(3)13(18)20/h6-7,13,20H,4-5H2,1-3H3. The monoisotopic (exact) mass is 307 g/mol. The minimum atomic E-state index is -1.00. The Hall–Kier alpha value is -1.93. The summed E-state index contributed by atoms with van der Waals surface area (Å²) < 4.78 is 1.68. The molecule has 21 heavy (non-hydrogen) atoms. The van der Waals surface area contributed by atoms with Crippen LogP contribution in [0.25, 0.3) is 0 Å². The summed E-state index contributed by atoms with van der Waals surface area (Å²) in [6, 6.07) is 0. The van der Waals surface area contributed by atoms with Crippen LogP contribution >= 0.6 is 11.3 Å². The zero-order valence-corrected chi connectivity index (χ0v) is 13.0. The molecule has 0 spiro atoms. The first-order chi connectivity index (χ1) is 9.99. The molecule has 8 heteroatoms. The van der Waals surface area contributed by atoms with Crippen LogP contribution in [0.4, 0.5) is 5.82 Å². The number of aliphatic hydroxyl groups excluding tert-OH is 1. The molecule has 1 unspecified atom stereocenters. The molecule has 0 aromatic carbocycles. The Kier molecular flexibility index (Phi) is 3.42. The minimum Gasteiger partial charge on any atom is -0.356 e. The smallest absolute Gasteiger partial charge is 0.277 e. The molecule has 0 aliphatic carbocycles. The Balaban J connectivity index is 1.82. The molecule has 0 bridgehead atoms. The Morgan fingerprint density at radius 3 is 2.86 bits per heavy atom. The van der Waals surface area contributed by atoms with E-state index in [1.54, 1.807) is 41.2 Å². The van der Waals surface area contributed by atoms with Crippen LogP contribution in [-0.2, 0) is 13.5 Å². The van der Waals surface area contributed by atoms with Gasteiger partial charge in [0.25, 0.3) is 5.91 Å². The highest BCUT2D eigenvalue weighted by molar-refractivity contribution is 7.09. The maximum Gasteiger partial charge on any atom is 0.277 e. The van der Waals surface area contributed by atoms with E-state index in [0.717, 1.165) is 10.7 Å². The number of nitrogens with zero attached hydrogens (tertiary/aromatic N) is 5. The van der Waals surface area contributed by atoms with Crippen LogP contribution in [0.5, 0.6) is 0 Å². The summed E-state index contributed by atoms with van der Waals surface area (Å²) in [5, 5.41) is 13.3. The largest absolute Gasteiger partial charge is 0.356 e.